The molecule has 1 fully saturated rings. The minimum atomic E-state index is -0.118. The number of nitrogens with one attached hydrogen (secondary N) is 1. The molecule has 1 unspecified atom stereocenters. The topological polar surface area (TPSA) is 92.8 Å². The SMILES string of the molecule is Cc1cc(-c2cn(C)nc2C2CCCCN2C(=O)c2cc(C(C)(C)C)[nH]n2)on1. The fourth-order valence-corrected chi connectivity index (χ4v) is 3.85. The smallest absolute Gasteiger partial charge is 0.274 e. The van der Waals surface area contributed by atoms with Gasteiger partial charge in [0.2, 0.25) is 0 Å². The minimum absolute atomic E-state index is 0.0631. The van der Waals surface area contributed by atoms with Crippen LogP contribution in [0, 0.1) is 6.92 Å². The molecule has 1 N–H and O–H groups in total. The van der Waals surface area contributed by atoms with Crippen LogP contribution >= 0.6 is 0 Å². The summed E-state index contributed by atoms with van der Waals surface area (Å²) in [5.74, 6) is 0.616. The van der Waals surface area contributed by atoms with Crippen LogP contribution in [0.5, 0.6) is 0 Å². The third kappa shape index (κ3) is 3.71. The number of H-pyrrole nitrogens is 1. The molecule has 0 spiro atoms. The molecule has 1 aliphatic rings. The highest BCUT2D eigenvalue weighted by Gasteiger charge is 2.34. The van der Waals surface area contributed by atoms with Crippen LogP contribution in [0.3, 0.4) is 0 Å². The Balaban J connectivity index is 1.68. The number of carbonyl (C=O) groups is 1. The zero-order chi connectivity index (χ0) is 20.8. The van der Waals surface area contributed by atoms with Crippen molar-refractivity contribution in [3.63, 3.8) is 0 Å². The molecule has 154 valence electrons. The first kappa shape index (κ1) is 19.4. The molecule has 4 heterocycles. The van der Waals surface area contributed by atoms with Gasteiger partial charge >= 0.3 is 0 Å². The molecule has 29 heavy (non-hydrogen) atoms. The number of carbonyl (C=O) groups excluding carboxylic acids is 1. The summed E-state index contributed by atoms with van der Waals surface area (Å²) < 4.78 is 7.26. The van der Waals surface area contributed by atoms with Crippen LogP contribution in [0.2, 0.25) is 0 Å². The van der Waals surface area contributed by atoms with Crippen molar-refractivity contribution in [2.75, 3.05) is 6.54 Å². The number of aromatic amines is 1. The lowest BCUT2D eigenvalue weighted by Gasteiger charge is -2.34. The summed E-state index contributed by atoms with van der Waals surface area (Å²) in [5.41, 5.74) is 3.86. The highest BCUT2D eigenvalue weighted by Crippen LogP contribution is 2.37. The molecule has 1 aliphatic heterocycles. The monoisotopic (exact) mass is 396 g/mol. The zero-order valence-corrected chi connectivity index (χ0v) is 17.7. The average molecular weight is 396 g/mol. The Kier molecular flexibility index (Phi) is 4.80. The van der Waals surface area contributed by atoms with Crippen molar-refractivity contribution in [2.45, 2.75) is 58.4 Å². The van der Waals surface area contributed by atoms with Crippen molar-refractivity contribution >= 4 is 5.91 Å². The lowest BCUT2D eigenvalue weighted by molar-refractivity contribution is 0.0599. The molecule has 0 bridgehead atoms. The average Bonchev–Trinajstić information content (AvgIpc) is 3.40. The van der Waals surface area contributed by atoms with E-state index in [1.165, 1.54) is 0 Å². The van der Waals surface area contributed by atoms with E-state index in [1.54, 1.807) is 4.68 Å². The van der Waals surface area contributed by atoms with Gasteiger partial charge in [-0.1, -0.05) is 25.9 Å². The van der Waals surface area contributed by atoms with Gasteiger partial charge in [0.25, 0.3) is 5.91 Å². The number of aromatic nitrogens is 5. The maximum atomic E-state index is 13.4. The van der Waals surface area contributed by atoms with Crippen LogP contribution in [0.1, 0.15) is 73.6 Å². The quantitative estimate of drug-likeness (QED) is 0.727. The number of piperidine rings is 1. The number of aryl methyl sites for hydroxylation is 2. The van der Waals surface area contributed by atoms with Gasteiger partial charge in [0, 0.05) is 37.0 Å². The van der Waals surface area contributed by atoms with Gasteiger partial charge in [-0.15, -0.1) is 0 Å². The predicted molar refractivity (Wildman–Crippen MR) is 108 cm³/mol. The van der Waals surface area contributed by atoms with E-state index in [0.29, 0.717) is 18.0 Å². The molecule has 1 saturated heterocycles. The van der Waals surface area contributed by atoms with Crippen LogP contribution < -0.4 is 0 Å². The van der Waals surface area contributed by atoms with Crippen molar-refractivity contribution in [3.05, 3.63) is 41.1 Å². The van der Waals surface area contributed by atoms with Crippen LogP contribution in [0.4, 0.5) is 0 Å². The Morgan fingerprint density at radius 2 is 2.07 bits per heavy atom. The van der Waals surface area contributed by atoms with Gasteiger partial charge in [0.15, 0.2) is 5.76 Å². The van der Waals surface area contributed by atoms with Crippen molar-refractivity contribution in [3.8, 4) is 11.3 Å². The summed E-state index contributed by atoms with van der Waals surface area (Å²) in [7, 11) is 1.88. The van der Waals surface area contributed by atoms with Crippen molar-refractivity contribution in [2.24, 2.45) is 7.05 Å². The predicted octanol–water partition coefficient (Wildman–Crippen LogP) is 3.77. The Morgan fingerprint density at radius 3 is 2.72 bits per heavy atom. The van der Waals surface area contributed by atoms with Crippen LogP contribution in [0.15, 0.2) is 22.9 Å². The van der Waals surface area contributed by atoms with E-state index < -0.39 is 0 Å². The highest BCUT2D eigenvalue weighted by molar-refractivity contribution is 5.93. The molecule has 3 aromatic heterocycles. The molecule has 4 rings (SSSR count). The molecular weight excluding hydrogens is 368 g/mol. The highest BCUT2D eigenvalue weighted by atomic mass is 16.5. The van der Waals surface area contributed by atoms with E-state index in [0.717, 1.165) is 41.9 Å². The second-order valence-electron chi connectivity index (χ2n) is 8.86. The van der Waals surface area contributed by atoms with Gasteiger partial charge in [0.1, 0.15) is 5.69 Å². The zero-order valence-electron chi connectivity index (χ0n) is 17.7. The van der Waals surface area contributed by atoms with Crippen molar-refractivity contribution < 1.29 is 9.32 Å². The number of rotatable bonds is 3. The summed E-state index contributed by atoms with van der Waals surface area (Å²) in [6.07, 6.45) is 4.81. The standard InChI is InChI=1S/C21H28N6O2/c1-13-10-17(29-25-13)14-12-26(5)24-19(14)16-8-6-7-9-27(16)20(28)15-11-18(23-22-15)21(2,3)4/h10-12,16H,6-9H2,1-5H3,(H,22,23). The second-order valence-corrected chi connectivity index (χ2v) is 8.86. The minimum Gasteiger partial charge on any atom is -0.356 e. The van der Waals surface area contributed by atoms with E-state index in [-0.39, 0.29) is 17.4 Å². The number of hydrogen-bond donors (Lipinski definition) is 1. The van der Waals surface area contributed by atoms with E-state index in [1.807, 2.05) is 37.2 Å². The molecule has 0 radical (unpaired) electrons. The van der Waals surface area contributed by atoms with Crippen molar-refractivity contribution in [1.29, 1.82) is 0 Å². The van der Waals surface area contributed by atoms with E-state index >= 15 is 0 Å². The summed E-state index contributed by atoms with van der Waals surface area (Å²) in [5, 5.41) is 16.0. The number of amides is 1. The maximum absolute atomic E-state index is 13.4. The van der Waals surface area contributed by atoms with Gasteiger partial charge in [-0.2, -0.15) is 10.2 Å². The van der Waals surface area contributed by atoms with Crippen LogP contribution in [-0.2, 0) is 12.5 Å². The number of hydrogen-bond acceptors (Lipinski definition) is 5. The summed E-state index contributed by atoms with van der Waals surface area (Å²) >= 11 is 0. The van der Waals surface area contributed by atoms with Crippen LogP contribution in [-0.4, -0.2) is 42.5 Å². The van der Waals surface area contributed by atoms with Crippen LogP contribution in [0.25, 0.3) is 11.3 Å². The van der Waals surface area contributed by atoms with E-state index in [9.17, 15) is 4.79 Å². The van der Waals surface area contributed by atoms with Gasteiger partial charge in [-0.05, 0) is 32.3 Å². The first-order chi connectivity index (χ1) is 13.7. The lowest BCUT2D eigenvalue weighted by atomic mass is 9.92. The van der Waals surface area contributed by atoms with E-state index in [2.05, 4.69) is 36.1 Å². The Hall–Kier alpha value is -2.90. The van der Waals surface area contributed by atoms with Crippen molar-refractivity contribution in [1.82, 2.24) is 30.0 Å². The first-order valence-corrected chi connectivity index (χ1v) is 10.1. The Labute approximate surface area is 170 Å². The normalized spacial score (nSPS) is 17.7. The molecule has 0 aromatic carbocycles. The third-order valence-corrected chi connectivity index (χ3v) is 5.44. The van der Waals surface area contributed by atoms with Gasteiger partial charge in [-0.25, -0.2) is 0 Å². The summed E-state index contributed by atoms with van der Waals surface area (Å²) in [4.78, 5) is 15.3. The summed E-state index contributed by atoms with van der Waals surface area (Å²) in [6, 6.07) is 3.65. The van der Waals surface area contributed by atoms with Gasteiger partial charge < -0.3 is 9.42 Å². The molecular formula is C21H28N6O2. The molecule has 0 saturated carbocycles. The molecule has 1 atom stereocenters. The number of likely N-dealkylation sites (tertiary alicyclic amines) is 1. The molecule has 8 nitrogen and oxygen atoms in total. The first-order valence-electron chi connectivity index (χ1n) is 10.1. The molecule has 3 aromatic rings. The fraction of sp³-hybridized carbons (Fsp3) is 0.524. The van der Waals surface area contributed by atoms with Gasteiger partial charge in [-0.3, -0.25) is 14.6 Å². The Morgan fingerprint density at radius 1 is 1.28 bits per heavy atom. The Bertz CT molecular complexity index is 1020. The maximum Gasteiger partial charge on any atom is 0.274 e. The lowest BCUT2D eigenvalue weighted by Crippen LogP contribution is -2.39. The molecule has 0 aliphatic carbocycles. The third-order valence-electron chi connectivity index (χ3n) is 5.44. The fourth-order valence-electron chi connectivity index (χ4n) is 3.85. The van der Waals surface area contributed by atoms with Gasteiger partial charge in [0.05, 0.1) is 23.0 Å². The molecule has 8 heteroatoms. The van der Waals surface area contributed by atoms with E-state index in [4.69, 9.17) is 9.62 Å². The number of nitrogens with zero attached hydrogens (tertiary/aromatic N) is 5. The summed E-state index contributed by atoms with van der Waals surface area (Å²) in [6.45, 7) is 8.87. The second kappa shape index (κ2) is 7.17. The largest absolute Gasteiger partial charge is 0.356 e. The molecule has 1 amide bonds.